The molecule has 9 nitrogen and oxygen atoms in total. The van der Waals surface area contributed by atoms with E-state index in [4.69, 9.17) is 14.2 Å². The maximum absolute atomic E-state index is 12.8. The molecular weight excluding hydrogens is 437 g/mol. The van der Waals surface area contributed by atoms with Crippen LogP contribution in [0.15, 0.2) is 36.4 Å². The smallest absolute Gasteiger partial charge is 0.416 e. The van der Waals surface area contributed by atoms with Crippen molar-refractivity contribution in [1.82, 2.24) is 0 Å². The van der Waals surface area contributed by atoms with Gasteiger partial charge in [0.25, 0.3) is 5.69 Å². The van der Waals surface area contributed by atoms with Gasteiger partial charge in [0.15, 0.2) is 23.9 Å². The number of nitrogens with zero attached hydrogens (tertiary/aromatic N) is 1. The van der Waals surface area contributed by atoms with E-state index < -0.39 is 46.8 Å². The molecule has 0 saturated heterocycles. The van der Waals surface area contributed by atoms with Gasteiger partial charge in [0.1, 0.15) is 24.9 Å². The molecule has 0 aromatic heterocycles. The van der Waals surface area contributed by atoms with Crippen LogP contribution in [0, 0.1) is 10.1 Å². The number of benzene rings is 2. The fourth-order valence-corrected chi connectivity index (χ4v) is 2.84. The molecule has 2 aromatic carbocycles. The zero-order valence-corrected chi connectivity index (χ0v) is 16.6. The lowest BCUT2D eigenvalue weighted by Crippen LogP contribution is -2.30. The molecule has 0 amide bonds. The van der Waals surface area contributed by atoms with Gasteiger partial charge in [-0.3, -0.25) is 14.9 Å². The molecule has 1 aliphatic heterocycles. The zero-order chi connectivity index (χ0) is 23.5. The van der Waals surface area contributed by atoms with Crippen molar-refractivity contribution in [2.24, 2.45) is 0 Å². The molecule has 1 atom stereocenters. The topological polar surface area (TPSA) is 117 Å². The Labute approximate surface area is 179 Å². The lowest BCUT2D eigenvalue weighted by Gasteiger charge is -2.18. The molecule has 1 aliphatic rings. The van der Waals surface area contributed by atoms with Gasteiger partial charge in [-0.1, -0.05) is 0 Å². The van der Waals surface area contributed by atoms with E-state index in [1.165, 1.54) is 19.1 Å². The van der Waals surface area contributed by atoms with Crippen LogP contribution in [0.3, 0.4) is 0 Å². The number of esters is 1. The first-order chi connectivity index (χ1) is 15.1. The normalized spacial score (nSPS) is 13.8. The highest BCUT2D eigenvalue weighted by molar-refractivity contribution is 5.98. The van der Waals surface area contributed by atoms with Gasteiger partial charge >= 0.3 is 12.1 Å². The SMILES string of the molecule is C[C@H](Nc1ccc(C(F)(F)F)cc1[N+](=O)[O-])C(=O)OCC(=O)c1ccc2c(c1)OCCO2. The van der Waals surface area contributed by atoms with Gasteiger partial charge in [0.2, 0.25) is 0 Å². The molecule has 1 N–H and O–H groups in total. The molecule has 3 rings (SSSR count). The minimum atomic E-state index is -4.76. The molecule has 0 unspecified atom stereocenters. The highest BCUT2D eigenvalue weighted by Crippen LogP contribution is 2.35. The summed E-state index contributed by atoms with van der Waals surface area (Å²) in [4.78, 5) is 34.6. The second-order valence-electron chi connectivity index (χ2n) is 6.74. The van der Waals surface area contributed by atoms with Gasteiger partial charge in [0.05, 0.1) is 10.5 Å². The van der Waals surface area contributed by atoms with Crippen LogP contribution in [0.5, 0.6) is 11.5 Å². The summed E-state index contributed by atoms with van der Waals surface area (Å²) in [6.45, 7) is 1.40. The van der Waals surface area contributed by atoms with E-state index in [0.717, 1.165) is 6.07 Å². The van der Waals surface area contributed by atoms with Crippen LogP contribution >= 0.6 is 0 Å². The number of hydrogen-bond donors (Lipinski definition) is 1. The average molecular weight is 454 g/mol. The van der Waals surface area contributed by atoms with E-state index in [1.54, 1.807) is 6.07 Å². The first-order valence-electron chi connectivity index (χ1n) is 9.28. The maximum Gasteiger partial charge on any atom is 0.416 e. The molecule has 0 radical (unpaired) electrons. The lowest BCUT2D eigenvalue weighted by atomic mass is 10.1. The van der Waals surface area contributed by atoms with Crippen molar-refractivity contribution < 1.29 is 41.9 Å². The second-order valence-corrected chi connectivity index (χ2v) is 6.74. The van der Waals surface area contributed by atoms with Gasteiger partial charge in [-0.2, -0.15) is 13.2 Å². The highest BCUT2D eigenvalue weighted by Gasteiger charge is 2.33. The van der Waals surface area contributed by atoms with E-state index >= 15 is 0 Å². The van der Waals surface area contributed by atoms with Gasteiger partial charge in [0, 0.05) is 11.6 Å². The standard InChI is InChI=1S/C20H17F3N2O7/c1-11(24-14-4-3-13(20(21,22)23)9-15(14)25(28)29)19(27)32-10-16(26)12-2-5-17-18(8-12)31-7-6-30-17/h2-5,8-9,11,24H,6-7,10H2,1H3/t11-/m0/s1. The van der Waals surface area contributed by atoms with Gasteiger partial charge in [-0.15, -0.1) is 0 Å². The molecule has 32 heavy (non-hydrogen) atoms. The first-order valence-corrected chi connectivity index (χ1v) is 9.28. The molecule has 12 heteroatoms. The van der Waals surface area contributed by atoms with E-state index in [9.17, 15) is 32.9 Å². The number of nitro benzene ring substituents is 1. The number of nitro groups is 1. The van der Waals surface area contributed by atoms with Crippen molar-refractivity contribution in [1.29, 1.82) is 0 Å². The molecule has 0 aliphatic carbocycles. The third kappa shape index (κ3) is 5.25. The number of halogens is 3. The minimum Gasteiger partial charge on any atom is -0.486 e. The summed E-state index contributed by atoms with van der Waals surface area (Å²) in [6.07, 6.45) is -4.76. The second kappa shape index (κ2) is 9.12. The number of hydrogen-bond acceptors (Lipinski definition) is 8. The van der Waals surface area contributed by atoms with E-state index in [0.29, 0.717) is 36.8 Å². The summed E-state index contributed by atoms with van der Waals surface area (Å²) in [5, 5.41) is 13.6. The molecule has 0 bridgehead atoms. The Morgan fingerprint density at radius 3 is 2.50 bits per heavy atom. The van der Waals surface area contributed by atoms with Crippen molar-refractivity contribution in [3.63, 3.8) is 0 Å². The molecule has 170 valence electrons. The van der Waals surface area contributed by atoms with Crippen molar-refractivity contribution >= 4 is 23.1 Å². The van der Waals surface area contributed by atoms with E-state index in [-0.39, 0.29) is 11.3 Å². The number of ether oxygens (including phenoxy) is 3. The van der Waals surface area contributed by atoms with Crippen LogP contribution in [0.25, 0.3) is 0 Å². The van der Waals surface area contributed by atoms with Gasteiger partial charge < -0.3 is 19.5 Å². The number of fused-ring (bicyclic) bond motifs is 1. The Morgan fingerprint density at radius 2 is 1.84 bits per heavy atom. The van der Waals surface area contributed by atoms with Crippen LogP contribution in [-0.4, -0.2) is 42.5 Å². The molecule has 0 spiro atoms. The number of nitrogens with one attached hydrogen (secondary N) is 1. The third-order valence-corrected chi connectivity index (χ3v) is 4.46. The lowest BCUT2D eigenvalue weighted by molar-refractivity contribution is -0.384. The Hall–Kier alpha value is -3.83. The number of alkyl halides is 3. The summed E-state index contributed by atoms with van der Waals surface area (Å²) in [5.74, 6) is -0.577. The molecule has 1 heterocycles. The third-order valence-electron chi connectivity index (χ3n) is 4.46. The van der Waals surface area contributed by atoms with E-state index in [1.807, 2.05) is 0 Å². The zero-order valence-electron chi connectivity index (χ0n) is 16.6. The van der Waals surface area contributed by atoms with Crippen LogP contribution in [0.4, 0.5) is 24.5 Å². The Bertz CT molecular complexity index is 1060. The Balaban J connectivity index is 1.62. The van der Waals surface area contributed by atoms with Crippen LogP contribution in [0.1, 0.15) is 22.8 Å². The summed E-state index contributed by atoms with van der Waals surface area (Å²) in [5.41, 5.74) is -2.13. The first kappa shape index (κ1) is 22.8. The number of carbonyl (C=O) groups is 2. The molecule has 0 fully saturated rings. The fourth-order valence-electron chi connectivity index (χ4n) is 2.84. The summed E-state index contributed by atoms with van der Waals surface area (Å²) >= 11 is 0. The number of rotatable bonds is 7. The number of Topliss-reactive ketones (excluding diaryl/α,β-unsaturated/α-hetero) is 1. The van der Waals surface area contributed by atoms with Gasteiger partial charge in [-0.25, -0.2) is 4.79 Å². The number of anilines is 1. The summed E-state index contributed by atoms with van der Waals surface area (Å²) < 4.78 is 54.1. The maximum atomic E-state index is 12.8. The quantitative estimate of drug-likeness (QED) is 0.292. The Kier molecular flexibility index (Phi) is 6.51. The van der Waals surface area contributed by atoms with Crippen LogP contribution < -0.4 is 14.8 Å². The number of ketones is 1. The molecule has 2 aromatic rings. The fraction of sp³-hybridized carbons (Fsp3) is 0.300. The van der Waals surface area contributed by atoms with Crippen molar-refractivity contribution in [3.8, 4) is 11.5 Å². The molecular formula is C20H17F3N2O7. The summed E-state index contributed by atoms with van der Waals surface area (Å²) in [7, 11) is 0. The average Bonchev–Trinajstić information content (AvgIpc) is 2.76. The number of carbonyl (C=O) groups excluding carboxylic acids is 2. The van der Waals surface area contributed by atoms with Crippen molar-refractivity contribution in [2.45, 2.75) is 19.1 Å². The monoisotopic (exact) mass is 454 g/mol. The van der Waals surface area contributed by atoms with Crippen LogP contribution in [-0.2, 0) is 15.7 Å². The predicted molar refractivity (Wildman–Crippen MR) is 104 cm³/mol. The Morgan fingerprint density at radius 1 is 1.16 bits per heavy atom. The minimum absolute atomic E-state index is 0.223. The van der Waals surface area contributed by atoms with Crippen LogP contribution in [0.2, 0.25) is 0 Å². The highest BCUT2D eigenvalue weighted by atomic mass is 19.4. The molecule has 0 saturated carbocycles. The van der Waals surface area contributed by atoms with E-state index in [2.05, 4.69) is 5.32 Å². The summed E-state index contributed by atoms with van der Waals surface area (Å²) in [6, 6.07) is 5.18. The predicted octanol–water partition coefficient (Wildman–Crippen LogP) is 3.61. The van der Waals surface area contributed by atoms with Gasteiger partial charge in [-0.05, 0) is 37.3 Å². The van der Waals surface area contributed by atoms with Crippen molar-refractivity contribution in [2.75, 3.05) is 25.1 Å². The largest absolute Gasteiger partial charge is 0.486 e. The van der Waals surface area contributed by atoms with Crippen molar-refractivity contribution in [3.05, 3.63) is 57.6 Å².